The summed E-state index contributed by atoms with van der Waals surface area (Å²) in [6.07, 6.45) is 4.55. The fourth-order valence-corrected chi connectivity index (χ4v) is 2.26. The Hall–Kier alpha value is -0.750. The van der Waals surface area contributed by atoms with Gasteiger partial charge in [0.25, 0.3) is 0 Å². The normalized spacial score (nSPS) is 18.2. The van der Waals surface area contributed by atoms with Gasteiger partial charge in [-0.2, -0.15) is 5.26 Å². The standard InChI is InChI=1S/C10H11BrN2/c11-7-10(3-4-10)8-13-5-1-2-9(13)6-12/h1-2,5H,3-4,7-8H2. The Labute approximate surface area is 86.3 Å². The SMILES string of the molecule is N#Cc1cccn1CC1(CBr)CC1. The predicted octanol–water partition coefficient (Wildman–Crippen LogP) is 2.53. The van der Waals surface area contributed by atoms with Crippen molar-refractivity contribution in [2.24, 2.45) is 5.41 Å². The lowest BCUT2D eigenvalue weighted by atomic mass is 10.1. The van der Waals surface area contributed by atoms with Crippen molar-refractivity contribution in [3.8, 4) is 6.07 Å². The molecule has 0 unspecified atom stereocenters. The minimum absolute atomic E-state index is 0.435. The first-order chi connectivity index (χ1) is 6.29. The van der Waals surface area contributed by atoms with Gasteiger partial charge in [0.15, 0.2) is 0 Å². The van der Waals surface area contributed by atoms with Gasteiger partial charge >= 0.3 is 0 Å². The average Bonchev–Trinajstić information content (AvgIpc) is 2.78. The third kappa shape index (κ3) is 1.64. The van der Waals surface area contributed by atoms with Crippen molar-refractivity contribution in [1.29, 1.82) is 5.26 Å². The molecule has 0 spiro atoms. The first kappa shape index (κ1) is 8.83. The van der Waals surface area contributed by atoms with E-state index < -0.39 is 0 Å². The fraction of sp³-hybridized carbons (Fsp3) is 0.500. The van der Waals surface area contributed by atoms with E-state index in [9.17, 15) is 0 Å². The van der Waals surface area contributed by atoms with Crippen molar-refractivity contribution in [3.05, 3.63) is 24.0 Å². The van der Waals surface area contributed by atoms with Crippen molar-refractivity contribution < 1.29 is 0 Å². The molecule has 1 fully saturated rings. The zero-order chi connectivity index (χ0) is 9.31. The minimum atomic E-state index is 0.435. The Morgan fingerprint density at radius 1 is 1.62 bits per heavy atom. The van der Waals surface area contributed by atoms with Gasteiger partial charge in [0.1, 0.15) is 11.8 Å². The highest BCUT2D eigenvalue weighted by atomic mass is 79.9. The van der Waals surface area contributed by atoms with Crippen LogP contribution in [-0.4, -0.2) is 9.90 Å². The van der Waals surface area contributed by atoms with E-state index in [1.807, 2.05) is 22.9 Å². The molecule has 1 saturated carbocycles. The largest absolute Gasteiger partial charge is 0.339 e. The van der Waals surface area contributed by atoms with Crippen LogP contribution in [0.15, 0.2) is 18.3 Å². The molecule has 1 heterocycles. The fourth-order valence-electron chi connectivity index (χ4n) is 1.53. The van der Waals surface area contributed by atoms with E-state index >= 15 is 0 Å². The van der Waals surface area contributed by atoms with E-state index in [-0.39, 0.29) is 0 Å². The van der Waals surface area contributed by atoms with Gasteiger partial charge < -0.3 is 4.57 Å². The van der Waals surface area contributed by atoms with Crippen molar-refractivity contribution in [3.63, 3.8) is 0 Å². The highest BCUT2D eigenvalue weighted by Gasteiger charge is 2.41. The summed E-state index contributed by atoms with van der Waals surface area (Å²) in [5, 5.41) is 9.86. The predicted molar refractivity (Wildman–Crippen MR) is 54.6 cm³/mol. The third-order valence-corrected chi connectivity index (χ3v) is 3.88. The number of halogens is 1. The Bertz CT molecular complexity index is 344. The summed E-state index contributed by atoms with van der Waals surface area (Å²) >= 11 is 3.53. The molecular formula is C10H11BrN2. The first-order valence-electron chi connectivity index (χ1n) is 4.41. The summed E-state index contributed by atoms with van der Waals surface area (Å²) in [6.45, 7) is 0.980. The number of nitriles is 1. The lowest BCUT2D eigenvalue weighted by Gasteiger charge is -2.12. The first-order valence-corrected chi connectivity index (χ1v) is 5.53. The molecule has 3 heteroatoms. The number of aromatic nitrogens is 1. The maximum Gasteiger partial charge on any atom is 0.120 e. The van der Waals surface area contributed by atoms with Crippen molar-refractivity contribution >= 4 is 15.9 Å². The maximum atomic E-state index is 8.81. The molecule has 2 rings (SSSR count). The van der Waals surface area contributed by atoms with Gasteiger partial charge in [-0.3, -0.25) is 0 Å². The topological polar surface area (TPSA) is 28.7 Å². The molecule has 2 nitrogen and oxygen atoms in total. The van der Waals surface area contributed by atoms with Crippen LogP contribution in [-0.2, 0) is 6.54 Å². The quantitative estimate of drug-likeness (QED) is 0.745. The summed E-state index contributed by atoms with van der Waals surface area (Å²) in [5.74, 6) is 0. The molecular weight excluding hydrogens is 228 g/mol. The zero-order valence-corrected chi connectivity index (χ0v) is 8.92. The Morgan fingerprint density at radius 3 is 2.92 bits per heavy atom. The molecule has 0 atom stereocenters. The van der Waals surface area contributed by atoms with Gasteiger partial charge in [0, 0.05) is 18.1 Å². The molecule has 1 aliphatic carbocycles. The molecule has 0 radical (unpaired) electrons. The second-order valence-corrected chi connectivity index (χ2v) is 4.33. The summed E-state index contributed by atoms with van der Waals surface area (Å²) < 4.78 is 2.05. The number of rotatable bonds is 3. The monoisotopic (exact) mass is 238 g/mol. The minimum Gasteiger partial charge on any atom is -0.339 e. The number of alkyl halides is 1. The van der Waals surface area contributed by atoms with Crippen LogP contribution in [0.2, 0.25) is 0 Å². The van der Waals surface area contributed by atoms with E-state index in [1.165, 1.54) is 12.8 Å². The summed E-state index contributed by atoms with van der Waals surface area (Å²) in [4.78, 5) is 0. The van der Waals surface area contributed by atoms with E-state index in [0.717, 1.165) is 17.6 Å². The molecule has 0 bridgehead atoms. The maximum absolute atomic E-state index is 8.81. The number of hydrogen-bond donors (Lipinski definition) is 0. The van der Waals surface area contributed by atoms with E-state index in [4.69, 9.17) is 5.26 Å². The lowest BCUT2D eigenvalue weighted by Crippen LogP contribution is -2.13. The molecule has 0 saturated heterocycles. The number of nitrogens with zero attached hydrogens (tertiary/aromatic N) is 2. The van der Waals surface area contributed by atoms with Crippen LogP contribution in [0.25, 0.3) is 0 Å². The molecule has 1 aliphatic rings. The second-order valence-electron chi connectivity index (χ2n) is 3.77. The Kier molecular flexibility index (Phi) is 2.17. The van der Waals surface area contributed by atoms with Crippen LogP contribution in [0.5, 0.6) is 0 Å². The van der Waals surface area contributed by atoms with Crippen LogP contribution < -0.4 is 0 Å². The smallest absolute Gasteiger partial charge is 0.120 e. The van der Waals surface area contributed by atoms with Crippen LogP contribution in [0.1, 0.15) is 18.5 Å². The van der Waals surface area contributed by atoms with Gasteiger partial charge in [-0.25, -0.2) is 0 Å². The molecule has 1 aromatic rings. The van der Waals surface area contributed by atoms with Crippen LogP contribution >= 0.6 is 15.9 Å². The number of hydrogen-bond acceptors (Lipinski definition) is 1. The van der Waals surface area contributed by atoms with Crippen molar-refractivity contribution in [2.45, 2.75) is 19.4 Å². The third-order valence-electron chi connectivity index (χ3n) is 2.69. The van der Waals surface area contributed by atoms with E-state index in [2.05, 4.69) is 22.0 Å². The lowest BCUT2D eigenvalue weighted by molar-refractivity contribution is 0.474. The highest BCUT2D eigenvalue weighted by molar-refractivity contribution is 9.09. The highest BCUT2D eigenvalue weighted by Crippen LogP contribution is 2.48. The Balaban J connectivity index is 2.14. The van der Waals surface area contributed by atoms with Crippen molar-refractivity contribution in [2.75, 3.05) is 5.33 Å². The zero-order valence-electron chi connectivity index (χ0n) is 7.33. The summed E-state index contributed by atoms with van der Waals surface area (Å²) in [6, 6.07) is 6.00. The summed E-state index contributed by atoms with van der Waals surface area (Å²) in [5.41, 5.74) is 1.21. The summed E-state index contributed by atoms with van der Waals surface area (Å²) in [7, 11) is 0. The van der Waals surface area contributed by atoms with E-state index in [1.54, 1.807) is 0 Å². The molecule has 0 amide bonds. The van der Waals surface area contributed by atoms with Gasteiger partial charge in [-0.15, -0.1) is 0 Å². The molecule has 0 aliphatic heterocycles. The van der Waals surface area contributed by atoms with Gasteiger partial charge in [-0.1, -0.05) is 15.9 Å². The van der Waals surface area contributed by atoms with E-state index in [0.29, 0.717) is 5.41 Å². The molecule has 0 N–H and O–H groups in total. The molecule has 1 aromatic heterocycles. The second kappa shape index (κ2) is 3.19. The van der Waals surface area contributed by atoms with Crippen LogP contribution in [0, 0.1) is 16.7 Å². The molecule has 0 aromatic carbocycles. The van der Waals surface area contributed by atoms with Gasteiger partial charge in [-0.05, 0) is 30.4 Å². The molecule has 13 heavy (non-hydrogen) atoms. The molecule has 68 valence electrons. The van der Waals surface area contributed by atoms with Gasteiger partial charge in [0.05, 0.1) is 0 Å². The Morgan fingerprint density at radius 2 is 2.38 bits per heavy atom. The van der Waals surface area contributed by atoms with Gasteiger partial charge in [0.2, 0.25) is 0 Å². The van der Waals surface area contributed by atoms with Crippen LogP contribution in [0.4, 0.5) is 0 Å². The van der Waals surface area contributed by atoms with Crippen LogP contribution in [0.3, 0.4) is 0 Å². The average molecular weight is 239 g/mol. The van der Waals surface area contributed by atoms with Crippen molar-refractivity contribution in [1.82, 2.24) is 4.57 Å².